The van der Waals surface area contributed by atoms with Gasteiger partial charge in [-0.1, -0.05) is 26.0 Å². The molecule has 0 aliphatic carbocycles. The van der Waals surface area contributed by atoms with Crippen molar-refractivity contribution in [1.29, 1.82) is 0 Å². The van der Waals surface area contributed by atoms with Crippen molar-refractivity contribution in [3.63, 3.8) is 0 Å². The third-order valence-corrected chi connectivity index (χ3v) is 7.03. The lowest BCUT2D eigenvalue weighted by atomic mass is 10.1. The topological polar surface area (TPSA) is 138 Å². The second-order valence-corrected chi connectivity index (χ2v) is 10.3. The minimum Gasteiger partial charge on any atom is -0.480 e. The lowest BCUT2D eigenvalue weighted by molar-refractivity contribution is -0.140. The van der Waals surface area contributed by atoms with E-state index in [1.807, 2.05) is 0 Å². The van der Waals surface area contributed by atoms with Crippen molar-refractivity contribution in [1.82, 2.24) is 10.0 Å². The number of carbonyl (C=O) groups is 2. The number of halogens is 1. The van der Waals surface area contributed by atoms with Crippen LogP contribution in [0.2, 0.25) is 0 Å². The van der Waals surface area contributed by atoms with Crippen molar-refractivity contribution in [2.75, 3.05) is 5.32 Å². The number of fused-ring (bicyclic) bond motifs is 3. The van der Waals surface area contributed by atoms with E-state index < -0.39 is 34.0 Å². The number of benzene rings is 3. The number of nitrogens with one attached hydrogen (secondary N) is 3. The minimum absolute atomic E-state index is 0.0908. The normalized spacial score (nSPS) is 12.7. The molecule has 0 spiro atoms. The van der Waals surface area contributed by atoms with E-state index in [4.69, 9.17) is 4.42 Å². The summed E-state index contributed by atoms with van der Waals surface area (Å²) in [4.78, 5) is 23.6. The number of carbonyl (C=O) groups excluding carboxylic acids is 1. The summed E-state index contributed by atoms with van der Waals surface area (Å²) in [5.74, 6) is -2.07. The molecule has 2 amide bonds. The fraction of sp³-hybridized carbons (Fsp3) is 0.200. The van der Waals surface area contributed by atoms with Crippen LogP contribution >= 0.6 is 0 Å². The highest BCUT2D eigenvalue weighted by molar-refractivity contribution is 7.89. The van der Waals surface area contributed by atoms with Gasteiger partial charge in [0.15, 0.2) is 0 Å². The summed E-state index contributed by atoms with van der Waals surface area (Å²) in [6.45, 7) is 3.44. The predicted molar refractivity (Wildman–Crippen MR) is 133 cm³/mol. The molecule has 3 aromatic carbocycles. The van der Waals surface area contributed by atoms with Gasteiger partial charge in [-0.15, -0.1) is 0 Å². The number of carboxylic acids is 1. The van der Waals surface area contributed by atoms with Gasteiger partial charge in [0, 0.05) is 29.1 Å². The van der Waals surface area contributed by atoms with Crippen molar-refractivity contribution in [3.05, 3.63) is 72.0 Å². The highest BCUT2D eigenvalue weighted by atomic mass is 32.2. The third kappa shape index (κ3) is 5.47. The monoisotopic (exact) mass is 513 g/mol. The number of urea groups is 1. The Morgan fingerprint density at radius 3 is 2.36 bits per heavy atom. The number of hydrogen-bond acceptors (Lipinski definition) is 5. The van der Waals surface area contributed by atoms with Crippen LogP contribution in [0.15, 0.2) is 70.0 Å². The number of furan rings is 1. The first-order chi connectivity index (χ1) is 17.0. The average molecular weight is 514 g/mol. The van der Waals surface area contributed by atoms with E-state index in [-0.39, 0.29) is 17.3 Å². The summed E-state index contributed by atoms with van der Waals surface area (Å²) in [5, 5.41) is 15.9. The van der Waals surface area contributed by atoms with Crippen molar-refractivity contribution in [3.8, 4) is 0 Å². The Balaban J connectivity index is 1.53. The third-order valence-electron chi connectivity index (χ3n) is 5.59. The van der Waals surface area contributed by atoms with Crippen molar-refractivity contribution in [2.45, 2.75) is 31.3 Å². The average Bonchev–Trinajstić information content (AvgIpc) is 3.19. The number of anilines is 1. The largest absolute Gasteiger partial charge is 0.480 e. The Morgan fingerprint density at radius 1 is 0.972 bits per heavy atom. The molecule has 0 fully saturated rings. The molecule has 9 nitrogen and oxygen atoms in total. The first kappa shape index (κ1) is 25.1. The molecule has 4 rings (SSSR count). The molecule has 0 radical (unpaired) electrons. The van der Waals surface area contributed by atoms with Crippen LogP contribution in [0.4, 0.5) is 14.9 Å². The van der Waals surface area contributed by atoms with Crippen LogP contribution in [0.25, 0.3) is 21.9 Å². The number of carboxylic acid groups (broad SMARTS) is 1. The number of rotatable bonds is 8. The van der Waals surface area contributed by atoms with Crippen LogP contribution < -0.4 is 15.4 Å². The number of sulfonamides is 1. The van der Waals surface area contributed by atoms with Gasteiger partial charge in [0.25, 0.3) is 0 Å². The van der Waals surface area contributed by atoms with Gasteiger partial charge in [-0.3, -0.25) is 4.79 Å². The number of hydrogen-bond donors (Lipinski definition) is 4. The van der Waals surface area contributed by atoms with E-state index in [2.05, 4.69) is 15.4 Å². The number of aliphatic carboxylic acids is 1. The molecule has 4 aromatic rings. The molecule has 1 unspecified atom stereocenters. The summed E-state index contributed by atoms with van der Waals surface area (Å²) < 4.78 is 46.7. The maximum absolute atomic E-state index is 13.0. The molecule has 0 saturated heterocycles. The second kappa shape index (κ2) is 9.96. The van der Waals surface area contributed by atoms with Crippen LogP contribution in [0.3, 0.4) is 0 Å². The molecule has 0 aliphatic heterocycles. The zero-order valence-corrected chi connectivity index (χ0v) is 20.2. The van der Waals surface area contributed by atoms with Crippen LogP contribution in [0.5, 0.6) is 0 Å². The van der Waals surface area contributed by atoms with Crippen molar-refractivity contribution in [2.24, 2.45) is 5.92 Å². The van der Waals surface area contributed by atoms with Crippen LogP contribution in [-0.2, 0) is 21.4 Å². The lowest BCUT2D eigenvalue weighted by Crippen LogP contribution is -2.44. The summed E-state index contributed by atoms with van der Waals surface area (Å²) in [6, 6.07) is 13.2. The van der Waals surface area contributed by atoms with E-state index in [0.717, 1.165) is 5.56 Å². The van der Waals surface area contributed by atoms with Gasteiger partial charge >= 0.3 is 12.0 Å². The van der Waals surface area contributed by atoms with E-state index in [0.29, 0.717) is 27.6 Å². The lowest BCUT2D eigenvalue weighted by Gasteiger charge is -2.17. The summed E-state index contributed by atoms with van der Waals surface area (Å²) in [7, 11) is -4.10. The Morgan fingerprint density at radius 2 is 1.69 bits per heavy atom. The van der Waals surface area contributed by atoms with E-state index in [1.54, 1.807) is 44.2 Å². The quantitative estimate of drug-likeness (QED) is 0.275. The molecular formula is C25H24FN3O6S. The SMILES string of the molecule is CC(C)C(NS(=O)(=O)c1ccc2oc3cc(NC(=O)NCc4ccc(F)cc4)ccc3c2c1)C(=O)O. The number of amides is 2. The van der Waals surface area contributed by atoms with E-state index in [1.165, 1.54) is 30.3 Å². The highest BCUT2D eigenvalue weighted by Crippen LogP contribution is 2.32. The summed E-state index contributed by atoms with van der Waals surface area (Å²) >= 11 is 0. The van der Waals surface area contributed by atoms with Gasteiger partial charge in [0.1, 0.15) is 23.0 Å². The van der Waals surface area contributed by atoms with Gasteiger partial charge in [-0.25, -0.2) is 17.6 Å². The standard InChI is InChI=1S/C25H24FN3O6S/c1-14(2)23(24(30)31)29-36(33,34)18-8-10-21-20(12-18)19-9-7-17(11-22(19)35-21)28-25(32)27-13-15-3-5-16(26)6-4-15/h3-12,14,23,29H,13H2,1-2H3,(H,30,31)(H2,27,28,32). The fourth-order valence-corrected chi connectivity index (χ4v) is 5.03. The predicted octanol–water partition coefficient (Wildman–Crippen LogP) is 4.43. The second-order valence-electron chi connectivity index (χ2n) is 8.59. The van der Waals surface area contributed by atoms with Crippen LogP contribution in [0.1, 0.15) is 19.4 Å². The summed E-state index contributed by atoms with van der Waals surface area (Å²) in [6.07, 6.45) is 0. The van der Waals surface area contributed by atoms with Gasteiger partial charge in [-0.2, -0.15) is 4.72 Å². The van der Waals surface area contributed by atoms with Gasteiger partial charge in [-0.05, 0) is 53.9 Å². The van der Waals surface area contributed by atoms with E-state index in [9.17, 15) is 27.5 Å². The van der Waals surface area contributed by atoms with Crippen LogP contribution in [-0.4, -0.2) is 31.6 Å². The molecule has 0 aliphatic rings. The smallest absolute Gasteiger partial charge is 0.322 e. The summed E-state index contributed by atoms with van der Waals surface area (Å²) in [5.41, 5.74) is 2.05. The molecule has 4 N–H and O–H groups in total. The zero-order valence-electron chi connectivity index (χ0n) is 19.4. The molecule has 0 saturated carbocycles. The molecule has 11 heteroatoms. The molecule has 1 atom stereocenters. The van der Waals surface area contributed by atoms with Gasteiger partial charge < -0.3 is 20.2 Å². The molecular weight excluding hydrogens is 489 g/mol. The maximum atomic E-state index is 13.0. The molecule has 1 heterocycles. The Hall–Kier alpha value is -3.96. The highest BCUT2D eigenvalue weighted by Gasteiger charge is 2.28. The van der Waals surface area contributed by atoms with Gasteiger partial charge in [0.2, 0.25) is 10.0 Å². The van der Waals surface area contributed by atoms with Crippen molar-refractivity contribution >= 4 is 49.6 Å². The molecule has 188 valence electrons. The van der Waals surface area contributed by atoms with Gasteiger partial charge in [0.05, 0.1) is 4.90 Å². The van der Waals surface area contributed by atoms with Crippen LogP contribution in [0, 0.1) is 11.7 Å². The molecule has 36 heavy (non-hydrogen) atoms. The van der Waals surface area contributed by atoms with E-state index >= 15 is 0 Å². The zero-order chi connectivity index (χ0) is 26.0. The fourth-order valence-electron chi connectivity index (χ4n) is 3.67. The first-order valence-corrected chi connectivity index (χ1v) is 12.5. The Labute approximate surface area is 206 Å². The molecule has 0 bridgehead atoms. The van der Waals surface area contributed by atoms with Crippen molar-refractivity contribution < 1.29 is 31.9 Å². The molecule has 1 aromatic heterocycles. The minimum atomic E-state index is -4.10. The maximum Gasteiger partial charge on any atom is 0.322 e. The Bertz CT molecular complexity index is 1550. The first-order valence-electron chi connectivity index (χ1n) is 11.0. The Kier molecular flexibility index (Phi) is 6.95.